The first kappa shape index (κ1) is 13.0. The Labute approximate surface area is 96.1 Å². The lowest BCUT2D eigenvalue weighted by atomic mass is 10.0. The third-order valence-corrected chi connectivity index (χ3v) is 2.96. The van der Waals surface area contributed by atoms with E-state index in [1.807, 2.05) is 13.8 Å². The van der Waals surface area contributed by atoms with Crippen molar-refractivity contribution >= 4 is 11.8 Å². The van der Waals surface area contributed by atoms with Gasteiger partial charge in [0.05, 0.1) is 12.6 Å². The van der Waals surface area contributed by atoms with E-state index in [0.717, 1.165) is 0 Å². The van der Waals surface area contributed by atoms with Gasteiger partial charge in [0.2, 0.25) is 11.8 Å². The molecule has 1 aliphatic heterocycles. The van der Waals surface area contributed by atoms with E-state index in [1.165, 1.54) is 0 Å². The lowest BCUT2D eigenvalue weighted by Gasteiger charge is -2.40. The van der Waals surface area contributed by atoms with Crippen molar-refractivity contribution in [1.82, 2.24) is 10.2 Å². The fraction of sp³-hybridized carbons (Fsp3) is 0.818. The number of carbonyl (C=O) groups excluding carboxylic acids is 2. The number of carbonyl (C=O) groups is 2. The van der Waals surface area contributed by atoms with Crippen LogP contribution in [-0.4, -0.2) is 48.6 Å². The number of ether oxygens (including phenoxy) is 1. The molecule has 1 saturated heterocycles. The standard InChI is InChI=1S/C11H20N2O3/c1-5-9-11(15)13(7(2)6-16-4)8(3)10(14)12-9/h7-9H,5-6H2,1-4H3,(H,12,14). The smallest absolute Gasteiger partial charge is 0.246 e. The molecule has 5 heteroatoms. The van der Waals surface area contributed by atoms with Crippen molar-refractivity contribution in [2.45, 2.75) is 45.3 Å². The van der Waals surface area contributed by atoms with Gasteiger partial charge in [0, 0.05) is 7.11 Å². The predicted octanol–water partition coefficient (Wildman–Crippen LogP) is 0.147. The minimum Gasteiger partial charge on any atom is -0.383 e. The highest BCUT2D eigenvalue weighted by Gasteiger charge is 2.39. The number of nitrogens with one attached hydrogen (secondary N) is 1. The second kappa shape index (κ2) is 5.30. The molecule has 1 aliphatic rings. The maximum atomic E-state index is 12.1. The molecule has 0 bridgehead atoms. The van der Waals surface area contributed by atoms with E-state index < -0.39 is 6.04 Å². The zero-order valence-corrected chi connectivity index (χ0v) is 10.3. The van der Waals surface area contributed by atoms with Gasteiger partial charge in [-0.05, 0) is 20.3 Å². The number of amides is 2. The van der Waals surface area contributed by atoms with Crippen LogP contribution in [0.25, 0.3) is 0 Å². The first-order valence-corrected chi connectivity index (χ1v) is 5.64. The Balaban J connectivity index is 2.85. The van der Waals surface area contributed by atoms with Crippen LogP contribution in [0.4, 0.5) is 0 Å². The number of rotatable bonds is 4. The molecule has 2 amide bonds. The van der Waals surface area contributed by atoms with Gasteiger partial charge in [0.25, 0.3) is 0 Å². The van der Waals surface area contributed by atoms with Gasteiger partial charge in [0.1, 0.15) is 12.1 Å². The Morgan fingerprint density at radius 3 is 2.62 bits per heavy atom. The number of piperazine rings is 1. The van der Waals surface area contributed by atoms with Crippen molar-refractivity contribution < 1.29 is 14.3 Å². The van der Waals surface area contributed by atoms with Gasteiger partial charge < -0.3 is 15.0 Å². The summed E-state index contributed by atoms with van der Waals surface area (Å²) in [6, 6.07) is -0.879. The second-order valence-electron chi connectivity index (χ2n) is 4.20. The largest absolute Gasteiger partial charge is 0.383 e. The van der Waals surface area contributed by atoms with Crippen molar-refractivity contribution in [3.05, 3.63) is 0 Å². The first-order valence-electron chi connectivity index (χ1n) is 5.64. The molecule has 1 N–H and O–H groups in total. The lowest BCUT2D eigenvalue weighted by Crippen LogP contribution is -2.64. The molecule has 0 spiro atoms. The van der Waals surface area contributed by atoms with Crippen LogP contribution in [0, 0.1) is 0 Å². The fourth-order valence-corrected chi connectivity index (χ4v) is 2.05. The van der Waals surface area contributed by atoms with Crippen LogP contribution in [-0.2, 0) is 14.3 Å². The van der Waals surface area contributed by atoms with Crippen LogP contribution in [0.3, 0.4) is 0 Å². The summed E-state index contributed by atoms with van der Waals surface area (Å²) in [5.41, 5.74) is 0. The summed E-state index contributed by atoms with van der Waals surface area (Å²) in [6.07, 6.45) is 0.619. The number of hydrogen-bond acceptors (Lipinski definition) is 3. The van der Waals surface area contributed by atoms with Crippen molar-refractivity contribution in [2.24, 2.45) is 0 Å². The molecule has 5 nitrogen and oxygen atoms in total. The van der Waals surface area contributed by atoms with Gasteiger partial charge >= 0.3 is 0 Å². The molecule has 0 radical (unpaired) electrons. The third-order valence-electron chi connectivity index (χ3n) is 2.96. The van der Waals surface area contributed by atoms with E-state index in [4.69, 9.17) is 4.74 Å². The van der Waals surface area contributed by atoms with E-state index in [-0.39, 0.29) is 23.9 Å². The molecular formula is C11H20N2O3. The average molecular weight is 228 g/mol. The van der Waals surface area contributed by atoms with Crippen LogP contribution in [0.1, 0.15) is 27.2 Å². The molecule has 3 unspecified atom stereocenters. The van der Waals surface area contributed by atoms with Crippen molar-refractivity contribution in [3.63, 3.8) is 0 Å². The van der Waals surface area contributed by atoms with Crippen molar-refractivity contribution in [1.29, 1.82) is 0 Å². The highest BCUT2D eigenvalue weighted by Crippen LogP contribution is 2.15. The summed E-state index contributed by atoms with van der Waals surface area (Å²) in [5.74, 6) is -0.103. The summed E-state index contributed by atoms with van der Waals surface area (Å²) < 4.78 is 5.03. The number of nitrogens with zero attached hydrogens (tertiary/aromatic N) is 1. The molecule has 16 heavy (non-hydrogen) atoms. The third kappa shape index (κ3) is 2.35. The normalized spacial score (nSPS) is 27.9. The Kier molecular flexibility index (Phi) is 4.29. The maximum Gasteiger partial charge on any atom is 0.246 e. The second-order valence-corrected chi connectivity index (χ2v) is 4.20. The minimum absolute atomic E-state index is 0.0147. The van der Waals surface area contributed by atoms with E-state index in [9.17, 15) is 9.59 Å². The van der Waals surface area contributed by atoms with Gasteiger partial charge in [-0.15, -0.1) is 0 Å². The highest BCUT2D eigenvalue weighted by atomic mass is 16.5. The zero-order chi connectivity index (χ0) is 12.3. The van der Waals surface area contributed by atoms with Crippen LogP contribution in [0.2, 0.25) is 0 Å². The molecule has 0 aromatic rings. The predicted molar refractivity (Wildman–Crippen MR) is 59.9 cm³/mol. The van der Waals surface area contributed by atoms with Crippen LogP contribution in [0.15, 0.2) is 0 Å². The number of hydrogen-bond donors (Lipinski definition) is 1. The van der Waals surface area contributed by atoms with Gasteiger partial charge in [-0.3, -0.25) is 9.59 Å². The Morgan fingerprint density at radius 1 is 1.50 bits per heavy atom. The molecule has 3 atom stereocenters. The summed E-state index contributed by atoms with van der Waals surface area (Å²) in [5, 5.41) is 2.72. The van der Waals surface area contributed by atoms with E-state index in [0.29, 0.717) is 13.0 Å². The van der Waals surface area contributed by atoms with Gasteiger partial charge in [0.15, 0.2) is 0 Å². The molecular weight excluding hydrogens is 208 g/mol. The van der Waals surface area contributed by atoms with Crippen molar-refractivity contribution in [2.75, 3.05) is 13.7 Å². The Bertz CT molecular complexity index is 280. The molecule has 1 heterocycles. The molecule has 0 aliphatic carbocycles. The maximum absolute atomic E-state index is 12.1. The van der Waals surface area contributed by atoms with Gasteiger partial charge in [-0.25, -0.2) is 0 Å². The molecule has 1 fully saturated rings. The molecule has 0 saturated carbocycles. The summed E-state index contributed by atoms with van der Waals surface area (Å²) in [4.78, 5) is 25.4. The minimum atomic E-state index is -0.416. The quantitative estimate of drug-likeness (QED) is 0.745. The molecule has 1 rings (SSSR count). The van der Waals surface area contributed by atoms with Crippen LogP contribution >= 0.6 is 0 Å². The fourth-order valence-electron chi connectivity index (χ4n) is 2.05. The van der Waals surface area contributed by atoms with Crippen molar-refractivity contribution in [3.8, 4) is 0 Å². The highest BCUT2D eigenvalue weighted by molar-refractivity contribution is 5.96. The Morgan fingerprint density at radius 2 is 2.12 bits per heavy atom. The monoisotopic (exact) mass is 228 g/mol. The molecule has 0 aromatic heterocycles. The van der Waals surface area contributed by atoms with Crippen LogP contribution < -0.4 is 5.32 Å². The van der Waals surface area contributed by atoms with Gasteiger partial charge in [-0.2, -0.15) is 0 Å². The zero-order valence-electron chi connectivity index (χ0n) is 10.3. The van der Waals surface area contributed by atoms with Gasteiger partial charge in [-0.1, -0.05) is 6.92 Å². The molecule has 92 valence electrons. The lowest BCUT2D eigenvalue weighted by molar-refractivity contribution is -0.152. The van der Waals surface area contributed by atoms with E-state index in [1.54, 1.807) is 18.9 Å². The number of methoxy groups -OCH3 is 1. The van der Waals surface area contributed by atoms with Crippen LogP contribution in [0.5, 0.6) is 0 Å². The average Bonchev–Trinajstić information content (AvgIpc) is 2.24. The molecule has 0 aromatic carbocycles. The van der Waals surface area contributed by atoms with E-state index in [2.05, 4.69) is 5.32 Å². The topological polar surface area (TPSA) is 58.6 Å². The first-order chi connectivity index (χ1) is 7.52. The summed E-state index contributed by atoms with van der Waals surface area (Å²) in [7, 11) is 1.59. The summed E-state index contributed by atoms with van der Waals surface area (Å²) >= 11 is 0. The summed E-state index contributed by atoms with van der Waals surface area (Å²) in [6.45, 7) is 5.96. The SMILES string of the molecule is CCC1NC(=O)C(C)N(C(C)COC)C1=O. The Hall–Kier alpha value is -1.10. The van der Waals surface area contributed by atoms with E-state index >= 15 is 0 Å².